The summed E-state index contributed by atoms with van der Waals surface area (Å²) < 4.78 is 27.5. The molecule has 0 spiro atoms. The molecule has 0 aliphatic heterocycles. The first-order valence-electron chi connectivity index (χ1n) is 6.06. The number of ether oxygens (including phenoxy) is 1. The lowest BCUT2D eigenvalue weighted by atomic mass is 10.1. The summed E-state index contributed by atoms with van der Waals surface area (Å²) in [6.45, 7) is 0. The van der Waals surface area contributed by atoms with Gasteiger partial charge in [-0.3, -0.25) is 0 Å². The zero-order chi connectivity index (χ0) is 15.2. The van der Waals surface area contributed by atoms with Gasteiger partial charge in [0.1, 0.15) is 5.75 Å². The van der Waals surface area contributed by atoms with E-state index in [1.165, 1.54) is 13.2 Å². The van der Waals surface area contributed by atoms with Crippen LogP contribution >= 0.6 is 0 Å². The van der Waals surface area contributed by atoms with Crippen LogP contribution < -0.4 is 15.6 Å². The van der Waals surface area contributed by atoms with Crippen molar-refractivity contribution in [2.45, 2.75) is 6.04 Å². The molecule has 0 heterocycles. The molecule has 1 aliphatic carbocycles. The van der Waals surface area contributed by atoms with Crippen LogP contribution in [0.1, 0.15) is 5.56 Å². The highest BCUT2D eigenvalue weighted by Gasteiger charge is 2.14. The van der Waals surface area contributed by atoms with Gasteiger partial charge in [-0.25, -0.2) is 5.43 Å². The van der Waals surface area contributed by atoms with Crippen LogP contribution in [0.15, 0.2) is 42.5 Å². The predicted molar refractivity (Wildman–Crippen MR) is 80.5 cm³/mol. The van der Waals surface area contributed by atoms with Crippen molar-refractivity contribution in [3.8, 4) is 11.8 Å². The molecule has 2 N–H and O–H groups in total. The van der Waals surface area contributed by atoms with Crippen molar-refractivity contribution in [1.82, 2.24) is 5.43 Å². The van der Waals surface area contributed by atoms with E-state index in [0.717, 1.165) is 0 Å². The second-order valence-electron chi connectivity index (χ2n) is 4.15. The Labute approximate surface area is 123 Å². The van der Waals surface area contributed by atoms with Crippen molar-refractivity contribution in [2.75, 3.05) is 12.5 Å². The quantitative estimate of drug-likeness (QED) is 0.637. The molecule has 6 nitrogen and oxygen atoms in total. The number of hydrazine groups is 1. The first kappa shape index (κ1) is 14.8. The van der Waals surface area contributed by atoms with Crippen molar-refractivity contribution in [3.05, 3.63) is 48.1 Å². The molecule has 1 unspecified atom stereocenters. The summed E-state index contributed by atoms with van der Waals surface area (Å²) in [6, 6.07) is 6.46. The van der Waals surface area contributed by atoms with Gasteiger partial charge in [0, 0.05) is 6.07 Å². The number of benzene rings is 1. The van der Waals surface area contributed by atoms with Crippen molar-refractivity contribution in [3.63, 3.8) is 0 Å². The summed E-state index contributed by atoms with van der Waals surface area (Å²) >= 11 is 0. The van der Waals surface area contributed by atoms with Gasteiger partial charge in [-0.1, -0.05) is 18.2 Å². The third-order valence-electron chi connectivity index (χ3n) is 2.87. The molecule has 0 aromatic heterocycles. The van der Waals surface area contributed by atoms with E-state index in [0.29, 0.717) is 17.0 Å². The number of anilines is 1. The van der Waals surface area contributed by atoms with Crippen LogP contribution in [0, 0.1) is 11.3 Å². The molecular formula is C14H13N3O3S. The third-order valence-corrected chi connectivity index (χ3v) is 3.64. The highest BCUT2D eigenvalue weighted by atomic mass is 32.2. The molecule has 0 amide bonds. The van der Waals surface area contributed by atoms with Gasteiger partial charge in [0.2, 0.25) is 10.3 Å². The first-order chi connectivity index (χ1) is 10.2. The fourth-order valence-electron chi connectivity index (χ4n) is 1.82. The lowest BCUT2D eigenvalue weighted by Gasteiger charge is -2.18. The maximum absolute atomic E-state index is 11.1. The number of nitrogens with one attached hydrogen (secondary N) is 2. The number of hydrogen-bond donors (Lipinski definition) is 2. The lowest BCUT2D eigenvalue weighted by molar-refractivity contribution is 0.416. The largest absolute Gasteiger partial charge is 0.494 e. The van der Waals surface area contributed by atoms with Crippen molar-refractivity contribution in [1.29, 1.82) is 5.26 Å². The predicted octanol–water partition coefficient (Wildman–Crippen LogP) is 1.03. The SMILES string of the molecule is COc1cc(C#N)ccc1NNC1C=CC=CC1=S(=O)=O. The first-order valence-corrected chi connectivity index (χ1v) is 7.14. The average molecular weight is 303 g/mol. The van der Waals surface area contributed by atoms with E-state index in [1.807, 2.05) is 6.07 Å². The minimum absolute atomic E-state index is 0.234. The molecule has 21 heavy (non-hydrogen) atoms. The van der Waals surface area contributed by atoms with Gasteiger partial charge in [-0.05, 0) is 18.2 Å². The monoisotopic (exact) mass is 303 g/mol. The maximum Gasteiger partial charge on any atom is 0.219 e. The standard InChI is InChI=1S/C14H13N3O3S/c1-20-13-8-10(9-15)6-7-11(13)16-17-12-4-2-3-5-14(12)21(18)19/h2-8,12,16-17H,1H3. The van der Waals surface area contributed by atoms with Gasteiger partial charge >= 0.3 is 0 Å². The minimum atomic E-state index is -2.30. The summed E-state index contributed by atoms with van der Waals surface area (Å²) in [5, 5.41) is 8.85. The van der Waals surface area contributed by atoms with Crippen LogP contribution in [0.3, 0.4) is 0 Å². The summed E-state index contributed by atoms with van der Waals surface area (Å²) in [6.07, 6.45) is 6.66. The Morgan fingerprint density at radius 1 is 1.33 bits per heavy atom. The van der Waals surface area contributed by atoms with Crippen molar-refractivity contribution in [2.24, 2.45) is 0 Å². The van der Waals surface area contributed by atoms with E-state index in [2.05, 4.69) is 10.9 Å². The van der Waals surface area contributed by atoms with Gasteiger partial charge in [0.25, 0.3) is 0 Å². The van der Waals surface area contributed by atoms with E-state index in [1.54, 1.807) is 36.4 Å². The average Bonchev–Trinajstić information content (AvgIpc) is 2.52. The molecular weight excluding hydrogens is 290 g/mol. The number of rotatable bonds is 4. The lowest BCUT2D eigenvalue weighted by Crippen LogP contribution is -2.39. The van der Waals surface area contributed by atoms with Gasteiger partial charge < -0.3 is 10.2 Å². The summed E-state index contributed by atoms with van der Waals surface area (Å²) in [4.78, 5) is 0.234. The Hall–Kier alpha value is -2.56. The van der Waals surface area contributed by atoms with Crippen LogP contribution in [0.4, 0.5) is 5.69 Å². The Balaban J connectivity index is 2.17. The van der Waals surface area contributed by atoms with Crippen LogP contribution in [0.5, 0.6) is 5.75 Å². The number of nitriles is 1. The topological polar surface area (TPSA) is 91.2 Å². The number of nitrogens with zero attached hydrogens (tertiary/aromatic N) is 1. The fraction of sp³-hybridized carbons (Fsp3) is 0.143. The summed E-state index contributed by atoms with van der Waals surface area (Å²) in [5.41, 5.74) is 6.89. The van der Waals surface area contributed by atoms with Crippen molar-refractivity contribution < 1.29 is 13.2 Å². The van der Waals surface area contributed by atoms with Gasteiger partial charge in [-0.15, -0.1) is 0 Å². The van der Waals surface area contributed by atoms with E-state index in [4.69, 9.17) is 10.00 Å². The zero-order valence-electron chi connectivity index (χ0n) is 11.2. The van der Waals surface area contributed by atoms with Gasteiger partial charge in [0.05, 0.1) is 35.3 Å². The number of methoxy groups -OCH3 is 1. The molecule has 7 heteroatoms. The second-order valence-corrected chi connectivity index (χ2v) is 5.10. The smallest absolute Gasteiger partial charge is 0.219 e. The molecule has 0 bridgehead atoms. The minimum Gasteiger partial charge on any atom is -0.494 e. The number of allylic oxidation sites excluding steroid dienone is 2. The Morgan fingerprint density at radius 3 is 2.81 bits per heavy atom. The van der Waals surface area contributed by atoms with Crippen LogP contribution in [-0.4, -0.2) is 26.4 Å². The highest BCUT2D eigenvalue weighted by molar-refractivity contribution is 7.73. The molecule has 1 aromatic rings. The van der Waals surface area contributed by atoms with Crippen LogP contribution in [-0.2, 0) is 10.3 Å². The van der Waals surface area contributed by atoms with Crippen LogP contribution in [0.2, 0.25) is 0 Å². The second kappa shape index (κ2) is 6.74. The van der Waals surface area contributed by atoms with Gasteiger partial charge in [0.15, 0.2) is 0 Å². The van der Waals surface area contributed by atoms with E-state index >= 15 is 0 Å². The Bertz CT molecular complexity index is 765. The summed E-state index contributed by atoms with van der Waals surface area (Å²) in [7, 11) is -0.805. The normalized spacial score (nSPS) is 16.4. The van der Waals surface area contributed by atoms with E-state index in [9.17, 15) is 8.42 Å². The Morgan fingerprint density at radius 2 is 2.14 bits per heavy atom. The molecule has 1 aromatic carbocycles. The third kappa shape index (κ3) is 3.51. The summed E-state index contributed by atoms with van der Waals surface area (Å²) in [5.74, 6) is 0.488. The molecule has 2 rings (SSSR count). The van der Waals surface area contributed by atoms with Crippen molar-refractivity contribution >= 4 is 20.8 Å². The molecule has 108 valence electrons. The maximum atomic E-state index is 11.1. The van der Waals surface area contributed by atoms with E-state index in [-0.39, 0.29) is 4.86 Å². The zero-order valence-corrected chi connectivity index (χ0v) is 12.0. The van der Waals surface area contributed by atoms with Crippen LogP contribution in [0.25, 0.3) is 0 Å². The molecule has 0 fully saturated rings. The molecule has 0 saturated carbocycles. The molecule has 1 aliphatic rings. The van der Waals surface area contributed by atoms with Gasteiger partial charge in [-0.2, -0.15) is 13.7 Å². The highest BCUT2D eigenvalue weighted by Crippen LogP contribution is 2.24. The molecule has 0 radical (unpaired) electrons. The fourth-order valence-corrected chi connectivity index (χ4v) is 2.36. The molecule has 0 saturated heterocycles. The molecule has 1 atom stereocenters. The van der Waals surface area contributed by atoms with E-state index < -0.39 is 16.3 Å². The number of hydrogen-bond acceptors (Lipinski definition) is 6. The Kier molecular flexibility index (Phi) is 4.77.